The average molecular weight is 386 g/mol. The molecule has 0 amide bonds. The van der Waals surface area contributed by atoms with Crippen molar-refractivity contribution in [3.8, 4) is 11.5 Å². The second-order valence-corrected chi connectivity index (χ2v) is 7.38. The molecular weight excluding hydrogens is 358 g/mol. The second kappa shape index (κ2) is 8.87. The number of benzene rings is 3. The van der Waals surface area contributed by atoms with E-state index in [1.165, 1.54) is 11.1 Å². The van der Waals surface area contributed by atoms with Crippen LogP contribution in [0.25, 0.3) is 6.08 Å². The van der Waals surface area contributed by atoms with Crippen molar-refractivity contribution in [1.82, 2.24) is 4.90 Å². The fraction of sp³-hybridized carbons (Fsp3) is 0.231. The van der Waals surface area contributed by atoms with Crippen molar-refractivity contribution < 1.29 is 9.47 Å². The van der Waals surface area contributed by atoms with Gasteiger partial charge in [-0.3, -0.25) is 0 Å². The van der Waals surface area contributed by atoms with Crippen molar-refractivity contribution in [2.45, 2.75) is 32.6 Å². The summed E-state index contributed by atoms with van der Waals surface area (Å²) in [7, 11) is 2.12. The SMILES string of the molecule is CCC1c2cc(OCc3ccccc3)c(OCc3ccccc3)cc2C=CN1C. The van der Waals surface area contributed by atoms with E-state index in [1.54, 1.807) is 0 Å². The van der Waals surface area contributed by atoms with Gasteiger partial charge in [0.15, 0.2) is 11.5 Å². The highest BCUT2D eigenvalue weighted by molar-refractivity contribution is 5.63. The summed E-state index contributed by atoms with van der Waals surface area (Å²) < 4.78 is 12.4. The smallest absolute Gasteiger partial charge is 0.162 e. The van der Waals surface area contributed by atoms with E-state index in [4.69, 9.17) is 9.47 Å². The Balaban J connectivity index is 1.63. The third-order valence-corrected chi connectivity index (χ3v) is 5.35. The van der Waals surface area contributed by atoms with E-state index in [2.05, 4.69) is 67.5 Å². The van der Waals surface area contributed by atoms with E-state index in [0.29, 0.717) is 19.3 Å². The van der Waals surface area contributed by atoms with Crippen LogP contribution in [0.3, 0.4) is 0 Å². The summed E-state index contributed by atoms with van der Waals surface area (Å²) in [5, 5.41) is 0. The highest BCUT2D eigenvalue weighted by Gasteiger charge is 2.22. The van der Waals surface area contributed by atoms with Gasteiger partial charge in [-0.2, -0.15) is 0 Å². The molecule has 0 bridgehead atoms. The van der Waals surface area contributed by atoms with Crippen LogP contribution in [0.1, 0.15) is 41.6 Å². The van der Waals surface area contributed by atoms with Crippen LogP contribution in [0.15, 0.2) is 79.0 Å². The molecule has 29 heavy (non-hydrogen) atoms. The molecule has 3 nitrogen and oxygen atoms in total. The van der Waals surface area contributed by atoms with Crippen LogP contribution in [-0.2, 0) is 13.2 Å². The molecule has 1 heterocycles. The van der Waals surface area contributed by atoms with Gasteiger partial charge in [-0.05, 0) is 53.1 Å². The molecule has 3 heteroatoms. The quantitative estimate of drug-likeness (QED) is 0.482. The summed E-state index contributed by atoms with van der Waals surface area (Å²) in [6, 6.07) is 25.1. The number of nitrogens with zero attached hydrogens (tertiary/aromatic N) is 1. The van der Waals surface area contributed by atoms with Gasteiger partial charge in [0, 0.05) is 7.05 Å². The Morgan fingerprint density at radius 1 is 0.793 bits per heavy atom. The predicted octanol–water partition coefficient (Wildman–Crippen LogP) is 6.21. The molecule has 1 aliphatic heterocycles. The standard InChI is InChI=1S/C26H27NO2/c1-3-24-23-17-26(29-19-21-12-8-5-9-13-21)25(16-22(23)14-15-27(24)2)28-18-20-10-6-4-7-11-20/h4-17,24H,3,18-19H2,1-2H3. The van der Waals surface area contributed by atoms with Crippen LogP contribution in [0.2, 0.25) is 0 Å². The van der Waals surface area contributed by atoms with Crippen LogP contribution >= 0.6 is 0 Å². The average Bonchev–Trinajstić information content (AvgIpc) is 2.77. The molecule has 0 spiro atoms. The third kappa shape index (κ3) is 4.45. The van der Waals surface area contributed by atoms with Crippen molar-refractivity contribution >= 4 is 6.08 Å². The Labute approximate surface area is 173 Å². The third-order valence-electron chi connectivity index (χ3n) is 5.35. The van der Waals surface area contributed by atoms with Crippen LogP contribution in [0, 0.1) is 0 Å². The van der Waals surface area contributed by atoms with E-state index < -0.39 is 0 Å². The summed E-state index contributed by atoms with van der Waals surface area (Å²) in [6.07, 6.45) is 5.33. The van der Waals surface area contributed by atoms with Crippen molar-refractivity contribution in [2.75, 3.05) is 7.05 Å². The Morgan fingerprint density at radius 3 is 1.90 bits per heavy atom. The van der Waals surface area contributed by atoms with Crippen molar-refractivity contribution in [1.29, 1.82) is 0 Å². The van der Waals surface area contributed by atoms with Crippen molar-refractivity contribution in [3.05, 3.63) is 101 Å². The van der Waals surface area contributed by atoms with Crippen LogP contribution in [0.5, 0.6) is 11.5 Å². The largest absolute Gasteiger partial charge is 0.485 e. The highest BCUT2D eigenvalue weighted by Crippen LogP contribution is 2.39. The fourth-order valence-electron chi connectivity index (χ4n) is 3.75. The van der Waals surface area contributed by atoms with Gasteiger partial charge in [0.1, 0.15) is 13.2 Å². The number of ether oxygens (including phenoxy) is 2. The normalized spacial score (nSPS) is 15.1. The first-order valence-electron chi connectivity index (χ1n) is 10.2. The van der Waals surface area contributed by atoms with E-state index in [9.17, 15) is 0 Å². The maximum Gasteiger partial charge on any atom is 0.162 e. The molecule has 3 aromatic carbocycles. The van der Waals surface area contributed by atoms with Crippen LogP contribution < -0.4 is 9.47 Å². The van der Waals surface area contributed by atoms with Gasteiger partial charge in [-0.1, -0.05) is 67.6 Å². The number of fused-ring (bicyclic) bond motifs is 1. The number of rotatable bonds is 7. The summed E-state index contributed by atoms with van der Waals surface area (Å²) in [6.45, 7) is 3.25. The summed E-state index contributed by atoms with van der Waals surface area (Å²) in [5.74, 6) is 1.58. The van der Waals surface area contributed by atoms with Crippen LogP contribution in [-0.4, -0.2) is 11.9 Å². The van der Waals surface area contributed by atoms with Gasteiger partial charge in [-0.15, -0.1) is 0 Å². The lowest BCUT2D eigenvalue weighted by Crippen LogP contribution is -2.22. The van der Waals surface area contributed by atoms with E-state index in [-0.39, 0.29) is 0 Å². The molecule has 0 aliphatic carbocycles. The molecule has 1 aliphatic rings. The van der Waals surface area contributed by atoms with Gasteiger partial charge < -0.3 is 14.4 Å². The van der Waals surface area contributed by atoms with Gasteiger partial charge >= 0.3 is 0 Å². The summed E-state index contributed by atoms with van der Waals surface area (Å²) in [5.41, 5.74) is 4.77. The zero-order valence-corrected chi connectivity index (χ0v) is 17.0. The maximum atomic E-state index is 6.24. The minimum Gasteiger partial charge on any atom is -0.485 e. The minimum absolute atomic E-state index is 0.345. The minimum atomic E-state index is 0.345. The Hall–Kier alpha value is -3.20. The first-order valence-corrected chi connectivity index (χ1v) is 10.2. The molecule has 148 valence electrons. The molecule has 0 radical (unpaired) electrons. The van der Waals surface area contributed by atoms with E-state index in [1.807, 2.05) is 36.4 Å². The molecule has 3 aromatic rings. The molecule has 0 fully saturated rings. The van der Waals surface area contributed by atoms with E-state index >= 15 is 0 Å². The summed E-state index contributed by atoms with van der Waals surface area (Å²) >= 11 is 0. The number of hydrogen-bond donors (Lipinski definition) is 0. The molecule has 0 aromatic heterocycles. The summed E-state index contributed by atoms with van der Waals surface area (Å²) in [4.78, 5) is 2.26. The van der Waals surface area contributed by atoms with Crippen molar-refractivity contribution in [2.24, 2.45) is 0 Å². The van der Waals surface area contributed by atoms with Gasteiger partial charge in [0.2, 0.25) is 0 Å². The maximum absolute atomic E-state index is 6.24. The Morgan fingerprint density at radius 2 is 1.34 bits per heavy atom. The molecule has 0 saturated heterocycles. The molecule has 0 N–H and O–H groups in total. The molecule has 0 saturated carbocycles. The Bertz CT molecular complexity index is 967. The first kappa shape index (κ1) is 19.1. The monoisotopic (exact) mass is 385 g/mol. The topological polar surface area (TPSA) is 21.7 Å². The van der Waals surface area contributed by atoms with Gasteiger partial charge in [-0.25, -0.2) is 0 Å². The fourth-order valence-corrected chi connectivity index (χ4v) is 3.75. The lowest BCUT2D eigenvalue weighted by molar-refractivity contribution is 0.253. The van der Waals surface area contributed by atoms with Gasteiger partial charge in [0.05, 0.1) is 6.04 Å². The zero-order chi connectivity index (χ0) is 20.1. The zero-order valence-electron chi connectivity index (χ0n) is 17.0. The number of hydrogen-bond acceptors (Lipinski definition) is 3. The molecule has 1 atom stereocenters. The molecular formula is C26H27NO2. The second-order valence-electron chi connectivity index (χ2n) is 7.38. The first-order chi connectivity index (χ1) is 14.2. The lowest BCUT2D eigenvalue weighted by Gasteiger charge is -2.32. The lowest BCUT2D eigenvalue weighted by atomic mass is 9.94. The predicted molar refractivity (Wildman–Crippen MR) is 118 cm³/mol. The highest BCUT2D eigenvalue weighted by atomic mass is 16.5. The van der Waals surface area contributed by atoms with Crippen LogP contribution in [0.4, 0.5) is 0 Å². The van der Waals surface area contributed by atoms with Gasteiger partial charge in [0.25, 0.3) is 0 Å². The van der Waals surface area contributed by atoms with Crippen molar-refractivity contribution in [3.63, 3.8) is 0 Å². The molecule has 4 rings (SSSR count). The molecule has 1 unspecified atom stereocenters. The Kier molecular flexibility index (Phi) is 5.85. The van der Waals surface area contributed by atoms with E-state index in [0.717, 1.165) is 29.0 Å².